The number of methoxy groups -OCH3 is 1. The number of ether oxygens (including phenoxy) is 1. The number of rotatable bonds is 1. The van der Waals surface area contributed by atoms with Crippen LogP contribution in [0.2, 0.25) is 0 Å². The molecule has 0 aliphatic rings. The Labute approximate surface area is 114 Å². The highest BCUT2D eigenvalue weighted by Gasteiger charge is 2.41. The van der Waals surface area contributed by atoms with E-state index < -0.39 is 23.1 Å². The number of hydrogen-bond acceptors (Lipinski definition) is 4. The molecule has 108 valence electrons. The number of hydrazine groups is 1. The second kappa shape index (κ2) is 5.91. The molecule has 0 aliphatic carbocycles. The number of carbonyl (C=O) groups excluding carboxylic acids is 2. The molecule has 0 radical (unpaired) electrons. The summed E-state index contributed by atoms with van der Waals surface area (Å²) in [5.41, 5.74) is -1.29. The molecule has 0 saturated carbocycles. The van der Waals surface area contributed by atoms with Gasteiger partial charge in [-0.2, -0.15) is 5.26 Å². The lowest BCUT2D eigenvalue weighted by atomic mass is 10.0. The molecule has 19 heavy (non-hydrogen) atoms. The minimum atomic E-state index is -0.647. The fourth-order valence-corrected chi connectivity index (χ4v) is 1.67. The molecule has 0 unspecified atom stereocenters. The predicted octanol–water partition coefficient (Wildman–Crippen LogP) is 2.31. The molecule has 0 atom stereocenters. The van der Waals surface area contributed by atoms with Crippen molar-refractivity contribution in [2.75, 3.05) is 7.11 Å². The maximum atomic E-state index is 12.2. The summed E-state index contributed by atoms with van der Waals surface area (Å²) in [6, 6.07) is 1.81. The minimum absolute atomic E-state index is 0.291. The standard InChI is InChI=1S/C13H23N3O3/c1-12(2,3)15(10(17)8-9-14)16(11(18)19-7)13(4,5)6/h8H2,1-7H3. The monoisotopic (exact) mass is 269 g/mol. The molecule has 0 N–H and O–H groups in total. The van der Waals surface area contributed by atoms with Gasteiger partial charge >= 0.3 is 6.09 Å². The normalized spacial score (nSPS) is 11.5. The Morgan fingerprint density at radius 3 is 1.74 bits per heavy atom. The van der Waals surface area contributed by atoms with Gasteiger partial charge in [0.05, 0.1) is 24.3 Å². The highest BCUT2D eigenvalue weighted by atomic mass is 16.5. The van der Waals surface area contributed by atoms with Crippen LogP contribution in [0, 0.1) is 11.3 Å². The summed E-state index contributed by atoms with van der Waals surface area (Å²) in [6.07, 6.45) is -0.922. The van der Waals surface area contributed by atoms with Gasteiger partial charge in [-0.15, -0.1) is 0 Å². The van der Waals surface area contributed by atoms with E-state index in [4.69, 9.17) is 10.00 Å². The molecular weight excluding hydrogens is 246 g/mol. The number of amides is 2. The van der Waals surface area contributed by atoms with E-state index in [9.17, 15) is 9.59 Å². The Hall–Kier alpha value is -1.77. The summed E-state index contributed by atoms with van der Waals surface area (Å²) in [5.74, 6) is -0.435. The van der Waals surface area contributed by atoms with Gasteiger partial charge in [0.1, 0.15) is 6.42 Å². The molecule has 0 spiro atoms. The lowest BCUT2D eigenvalue weighted by Crippen LogP contribution is -2.63. The molecule has 0 aromatic heterocycles. The van der Waals surface area contributed by atoms with E-state index in [1.165, 1.54) is 17.1 Å². The summed E-state index contributed by atoms with van der Waals surface area (Å²) in [7, 11) is 1.26. The zero-order chi connectivity index (χ0) is 15.4. The van der Waals surface area contributed by atoms with Crippen LogP contribution in [0.25, 0.3) is 0 Å². The van der Waals surface area contributed by atoms with Crippen molar-refractivity contribution in [3.8, 4) is 6.07 Å². The van der Waals surface area contributed by atoms with Gasteiger partial charge in [0.2, 0.25) is 0 Å². The van der Waals surface area contributed by atoms with Gasteiger partial charge in [-0.25, -0.2) is 14.8 Å². The van der Waals surface area contributed by atoms with Gasteiger partial charge in [0.25, 0.3) is 5.91 Å². The van der Waals surface area contributed by atoms with Crippen LogP contribution in [0.1, 0.15) is 48.0 Å². The summed E-state index contributed by atoms with van der Waals surface area (Å²) in [5, 5.41) is 11.2. The van der Waals surface area contributed by atoms with Crippen molar-refractivity contribution in [2.24, 2.45) is 0 Å². The van der Waals surface area contributed by atoms with Crippen LogP contribution in [0.3, 0.4) is 0 Å². The SMILES string of the molecule is COC(=O)N(N(C(=O)CC#N)C(C)(C)C)C(C)(C)C. The number of nitriles is 1. The molecule has 0 aromatic rings. The molecule has 6 heteroatoms. The second-order valence-corrected chi connectivity index (χ2v) is 6.16. The van der Waals surface area contributed by atoms with E-state index in [-0.39, 0.29) is 6.42 Å². The van der Waals surface area contributed by atoms with Crippen LogP contribution in [0.15, 0.2) is 0 Å². The van der Waals surface area contributed by atoms with Crippen LogP contribution in [0.4, 0.5) is 4.79 Å². The Morgan fingerprint density at radius 2 is 1.47 bits per heavy atom. The van der Waals surface area contributed by atoms with Crippen LogP contribution < -0.4 is 0 Å². The Bertz CT molecular complexity index is 385. The molecule has 0 aliphatic heterocycles. The first-order valence-corrected chi connectivity index (χ1v) is 6.05. The van der Waals surface area contributed by atoms with Crippen molar-refractivity contribution in [1.82, 2.24) is 10.0 Å². The zero-order valence-electron chi connectivity index (χ0n) is 12.8. The lowest BCUT2D eigenvalue weighted by Gasteiger charge is -2.48. The van der Waals surface area contributed by atoms with Crippen molar-refractivity contribution in [3.63, 3.8) is 0 Å². The Kier molecular flexibility index (Phi) is 5.36. The van der Waals surface area contributed by atoms with Gasteiger partial charge in [0, 0.05) is 0 Å². The van der Waals surface area contributed by atoms with Gasteiger partial charge in [-0.3, -0.25) is 4.79 Å². The van der Waals surface area contributed by atoms with Crippen molar-refractivity contribution in [2.45, 2.75) is 59.0 Å². The van der Waals surface area contributed by atoms with Gasteiger partial charge in [-0.05, 0) is 41.5 Å². The number of carbonyl (C=O) groups is 2. The quantitative estimate of drug-likeness (QED) is 0.685. The third kappa shape index (κ3) is 4.43. The van der Waals surface area contributed by atoms with Gasteiger partial charge in [-0.1, -0.05) is 0 Å². The fourth-order valence-electron chi connectivity index (χ4n) is 1.67. The average molecular weight is 269 g/mol. The summed E-state index contributed by atoms with van der Waals surface area (Å²) in [4.78, 5) is 24.1. The zero-order valence-corrected chi connectivity index (χ0v) is 12.8. The van der Waals surface area contributed by atoms with E-state index >= 15 is 0 Å². The Balaban J connectivity index is 5.72. The highest BCUT2D eigenvalue weighted by Crippen LogP contribution is 2.26. The molecule has 0 bridgehead atoms. The third-order valence-electron chi connectivity index (χ3n) is 2.28. The van der Waals surface area contributed by atoms with E-state index in [1.54, 1.807) is 41.5 Å². The van der Waals surface area contributed by atoms with Crippen LogP contribution in [-0.2, 0) is 9.53 Å². The first-order valence-electron chi connectivity index (χ1n) is 6.05. The summed E-state index contributed by atoms with van der Waals surface area (Å²) in [6.45, 7) is 10.8. The molecule has 6 nitrogen and oxygen atoms in total. The topological polar surface area (TPSA) is 73.6 Å². The second-order valence-electron chi connectivity index (χ2n) is 6.16. The van der Waals surface area contributed by atoms with Crippen LogP contribution in [-0.4, -0.2) is 40.2 Å². The molecular formula is C13H23N3O3. The molecule has 0 aromatic carbocycles. The first kappa shape index (κ1) is 17.2. The molecule has 0 fully saturated rings. The lowest BCUT2D eigenvalue weighted by molar-refractivity contribution is -0.168. The maximum Gasteiger partial charge on any atom is 0.429 e. The largest absolute Gasteiger partial charge is 0.452 e. The van der Waals surface area contributed by atoms with Crippen molar-refractivity contribution < 1.29 is 14.3 Å². The van der Waals surface area contributed by atoms with Crippen LogP contribution >= 0.6 is 0 Å². The molecule has 0 rings (SSSR count). The first-order chi connectivity index (χ1) is 8.46. The minimum Gasteiger partial charge on any atom is -0.452 e. The third-order valence-corrected chi connectivity index (χ3v) is 2.28. The predicted molar refractivity (Wildman–Crippen MR) is 70.8 cm³/mol. The van der Waals surface area contributed by atoms with Gasteiger partial charge in [0.15, 0.2) is 0 Å². The summed E-state index contributed by atoms with van der Waals surface area (Å²) < 4.78 is 4.75. The summed E-state index contributed by atoms with van der Waals surface area (Å²) >= 11 is 0. The van der Waals surface area contributed by atoms with Crippen molar-refractivity contribution >= 4 is 12.0 Å². The van der Waals surface area contributed by atoms with E-state index in [1.807, 2.05) is 6.07 Å². The average Bonchev–Trinajstić information content (AvgIpc) is 2.21. The van der Waals surface area contributed by atoms with E-state index in [0.29, 0.717) is 0 Å². The smallest absolute Gasteiger partial charge is 0.429 e. The van der Waals surface area contributed by atoms with Crippen molar-refractivity contribution in [1.29, 1.82) is 5.26 Å². The highest BCUT2D eigenvalue weighted by molar-refractivity contribution is 5.81. The van der Waals surface area contributed by atoms with Crippen LogP contribution in [0.5, 0.6) is 0 Å². The fraction of sp³-hybridized carbons (Fsp3) is 0.769. The number of nitrogens with zero attached hydrogens (tertiary/aromatic N) is 3. The van der Waals surface area contributed by atoms with Crippen molar-refractivity contribution in [3.05, 3.63) is 0 Å². The Morgan fingerprint density at radius 1 is 1.05 bits per heavy atom. The van der Waals surface area contributed by atoms with Gasteiger partial charge < -0.3 is 4.74 Å². The van der Waals surface area contributed by atoms with E-state index in [0.717, 1.165) is 0 Å². The molecule has 0 saturated heterocycles. The molecule has 2 amide bonds. The molecule has 0 heterocycles. The number of hydrogen-bond donors (Lipinski definition) is 0. The maximum absolute atomic E-state index is 12.2. The van der Waals surface area contributed by atoms with E-state index in [2.05, 4.69) is 0 Å².